The van der Waals surface area contributed by atoms with Crippen molar-refractivity contribution in [3.8, 4) is 0 Å². The van der Waals surface area contributed by atoms with Crippen molar-refractivity contribution in [2.45, 2.75) is 18.4 Å². The number of furan rings is 1. The van der Waals surface area contributed by atoms with Crippen LogP contribution in [0.15, 0.2) is 65.5 Å². The van der Waals surface area contributed by atoms with Crippen molar-refractivity contribution in [1.82, 2.24) is 15.1 Å². The fraction of sp³-hybridized carbons (Fsp3) is 0.250. The summed E-state index contributed by atoms with van der Waals surface area (Å²) >= 11 is 0. The minimum absolute atomic E-state index is 0.0925. The predicted octanol–water partition coefficient (Wildman–Crippen LogP) is 2.45. The molecule has 28 heavy (non-hydrogen) atoms. The van der Waals surface area contributed by atoms with E-state index >= 15 is 0 Å². The van der Waals surface area contributed by atoms with Gasteiger partial charge in [-0.1, -0.05) is 0 Å². The number of rotatable bonds is 5. The standard InChI is InChI=1S/C20H21N5O3/c26-18(17-3-1-14-28-17)23-15-4-6-16(7-5-15)24-19(27)20(8-11-21-12-9-20)25-13-2-10-22-25/h1-7,10,13-14,21H,8-9,11-12H2,(H,23,26)(H,24,27). The van der Waals surface area contributed by atoms with Crippen LogP contribution in [0.2, 0.25) is 0 Å². The highest BCUT2D eigenvalue weighted by atomic mass is 16.3. The second-order valence-electron chi connectivity index (χ2n) is 6.70. The molecule has 2 amide bonds. The summed E-state index contributed by atoms with van der Waals surface area (Å²) in [5, 5.41) is 13.3. The lowest BCUT2D eigenvalue weighted by Crippen LogP contribution is -2.52. The van der Waals surface area contributed by atoms with Crippen LogP contribution >= 0.6 is 0 Å². The van der Waals surface area contributed by atoms with Crippen molar-refractivity contribution in [2.24, 2.45) is 0 Å². The van der Waals surface area contributed by atoms with E-state index in [1.807, 2.05) is 12.3 Å². The van der Waals surface area contributed by atoms with Crippen LogP contribution in [-0.4, -0.2) is 34.7 Å². The topological polar surface area (TPSA) is 101 Å². The van der Waals surface area contributed by atoms with Gasteiger partial charge in [-0.15, -0.1) is 0 Å². The molecular weight excluding hydrogens is 358 g/mol. The Balaban J connectivity index is 1.46. The molecule has 2 aromatic heterocycles. The molecule has 3 heterocycles. The van der Waals surface area contributed by atoms with E-state index in [4.69, 9.17) is 4.42 Å². The summed E-state index contributed by atoms with van der Waals surface area (Å²) in [6.07, 6.45) is 6.30. The summed E-state index contributed by atoms with van der Waals surface area (Å²) in [5.74, 6) is -0.177. The summed E-state index contributed by atoms with van der Waals surface area (Å²) in [6, 6.07) is 12.1. The number of carbonyl (C=O) groups is 2. The van der Waals surface area contributed by atoms with Gasteiger partial charge in [-0.25, -0.2) is 0 Å². The van der Waals surface area contributed by atoms with Gasteiger partial charge in [0, 0.05) is 23.8 Å². The van der Waals surface area contributed by atoms with E-state index in [9.17, 15) is 9.59 Å². The predicted molar refractivity (Wildman–Crippen MR) is 104 cm³/mol. The third-order valence-corrected chi connectivity index (χ3v) is 4.94. The van der Waals surface area contributed by atoms with Crippen LogP contribution in [0.4, 0.5) is 11.4 Å². The van der Waals surface area contributed by atoms with Crippen LogP contribution in [0.3, 0.4) is 0 Å². The van der Waals surface area contributed by atoms with Gasteiger partial charge in [0.05, 0.1) is 6.26 Å². The van der Waals surface area contributed by atoms with Gasteiger partial charge in [-0.05, 0) is 68.4 Å². The lowest BCUT2D eigenvalue weighted by atomic mass is 9.87. The highest BCUT2D eigenvalue weighted by molar-refractivity contribution is 6.02. The fourth-order valence-electron chi connectivity index (χ4n) is 3.41. The Bertz CT molecular complexity index is 927. The number of hydrogen-bond donors (Lipinski definition) is 3. The first-order valence-corrected chi connectivity index (χ1v) is 9.15. The smallest absolute Gasteiger partial charge is 0.291 e. The third kappa shape index (κ3) is 3.54. The van der Waals surface area contributed by atoms with Crippen molar-refractivity contribution >= 4 is 23.2 Å². The van der Waals surface area contributed by atoms with Gasteiger partial charge >= 0.3 is 0 Å². The molecule has 0 aliphatic carbocycles. The first kappa shape index (κ1) is 18.0. The Morgan fingerprint density at radius 3 is 2.36 bits per heavy atom. The zero-order chi connectivity index (χ0) is 19.4. The molecule has 0 unspecified atom stereocenters. The number of carbonyl (C=O) groups excluding carboxylic acids is 2. The number of benzene rings is 1. The molecule has 3 N–H and O–H groups in total. The number of aromatic nitrogens is 2. The SMILES string of the molecule is O=C(Nc1ccc(NC(=O)C2(n3cccn3)CCNCC2)cc1)c1ccco1. The van der Waals surface area contributed by atoms with Crippen molar-refractivity contribution in [3.63, 3.8) is 0 Å². The largest absolute Gasteiger partial charge is 0.459 e. The van der Waals surface area contributed by atoms with E-state index in [0.717, 1.165) is 13.1 Å². The van der Waals surface area contributed by atoms with Gasteiger partial charge in [-0.2, -0.15) is 5.10 Å². The molecule has 1 aromatic carbocycles. The van der Waals surface area contributed by atoms with E-state index in [0.29, 0.717) is 24.2 Å². The van der Waals surface area contributed by atoms with Crippen LogP contribution in [0.5, 0.6) is 0 Å². The number of anilines is 2. The first-order chi connectivity index (χ1) is 13.7. The number of piperidine rings is 1. The van der Waals surface area contributed by atoms with Crippen LogP contribution in [0.1, 0.15) is 23.4 Å². The summed E-state index contributed by atoms with van der Waals surface area (Å²) in [4.78, 5) is 25.2. The second kappa shape index (κ2) is 7.69. The molecule has 1 aliphatic heterocycles. The molecule has 8 heteroatoms. The summed E-state index contributed by atoms with van der Waals surface area (Å²) in [6.45, 7) is 1.51. The molecule has 0 saturated carbocycles. The van der Waals surface area contributed by atoms with Crippen LogP contribution in [-0.2, 0) is 10.3 Å². The Hall–Kier alpha value is -3.39. The molecule has 3 aromatic rings. The molecule has 0 spiro atoms. The molecular formula is C20H21N5O3. The molecule has 8 nitrogen and oxygen atoms in total. The average molecular weight is 379 g/mol. The first-order valence-electron chi connectivity index (χ1n) is 9.15. The molecule has 0 radical (unpaired) electrons. The van der Waals surface area contributed by atoms with Crippen molar-refractivity contribution < 1.29 is 14.0 Å². The second-order valence-corrected chi connectivity index (χ2v) is 6.70. The van der Waals surface area contributed by atoms with Gasteiger partial charge in [0.2, 0.25) is 0 Å². The Kier molecular flexibility index (Phi) is 4.94. The minimum atomic E-state index is -0.707. The van der Waals surface area contributed by atoms with Gasteiger partial charge in [-0.3, -0.25) is 14.3 Å². The maximum Gasteiger partial charge on any atom is 0.291 e. The molecule has 1 saturated heterocycles. The number of nitrogens with one attached hydrogen (secondary N) is 3. The van der Waals surface area contributed by atoms with Gasteiger partial charge in [0.25, 0.3) is 11.8 Å². The maximum absolute atomic E-state index is 13.1. The summed E-state index contributed by atoms with van der Waals surface area (Å²) < 4.78 is 6.83. The molecule has 0 atom stereocenters. The normalized spacial score (nSPS) is 15.7. The van der Waals surface area contributed by atoms with Gasteiger partial charge in [0.15, 0.2) is 5.76 Å². The van der Waals surface area contributed by atoms with E-state index in [1.165, 1.54) is 6.26 Å². The quantitative estimate of drug-likeness (QED) is 0.632. The molecule has 144 valence electrons. The number of amides is 2. The number of nitrogens with zero attached hydrogens (tertiary/aromatic N) is 2. The summed E-state index contributed by atoms with van der Waals surface area (Å²) in [5.41, 5.74) is 0.565. The van der Waals surface area contributed by atoms with E-state index in [-0.39, 0.29) is 17.6 Å². The highest BCUT2D eigenvalue weighted by Gasteiger charge is 2.42. The van der Waals surface area contributed by atoms with Crippen LogP contribution in [0, 0.1) is 0 Å². The van der Waals surface area contributed by atoms with Gasteiger partial charge in [0.1, 0.15) is 5.54 Å². The van der Waals surface area contributed by atoms with E-state index in [1.54, 1.807) is 47.3 Å². The fourth-order valence-corrected chi connectivity index (χ4v) is 3.41. The van der Waals surface area contributed by atoms with E-state index in [2.05, 4.69) is 21.0 Å². The Morgan fingerprint density at radius 1 is 1.04 bits per heavy atom. The average Bonchev–Trinajstić information content (AvgIpc) is 3.44. The zero-order valence-electron chi connectivity index (χ0n) is 15.2. The molecule has 4 rings (SSSR count). The summed E-state index contributed by atoms with van der Waals surface area (Å²) in [7, 11) is 0. The minimum Gasteiger partial charge on any atom is -0.459 e. The monoisotopic (exact) mass is 379 g/mol. The maximum atomic E-state index is 13.1. The van der Waals surface area contributed by atoms with Crippen molar-refractivity contribution in [1.29, 1.82) is 0 Å². The van der Waals surface area contributed by atoms with E-state index < -0.39 is 5.54 Å². The third-order valence-electron chi connectivity index (χ3n) is 4.94. The molecule has 1 fully saturated rings. The number of hydrogen-bond acceptors (Lipinski definition) is 5. The lowest BCUT2D eigenvalue weighted by Gasteiger charge is -2.36. The lowest BCUT2D eigenvalue weighted by molar-refractivity contribution is -0.126. The molecule has 1 aliphatic rings. The Morgan fingerprint density at radius 2 is 1.75 bits per heavy atom. The van der Waals surface area contributed by atoms with Gasteiger partial charge < -0.3 is 20.4 Å². The Labute approximate surface area is 161 Å². The zero-order valence-corrected chi connectivity index (χ0v) is 15.2. The molecule has 0 bridgehead atoms. The van der Waals surface area contributed by atoms with Crippen molar-refractivity contribution in [2.75, 3.05) is 23.7 Å². The highest BCUT2D eigenvalue weighted by Crippen LogP contribution is 2.29. The van der Waals surface area contributed by atoms with Crippen molar-refractivity contribution in [3.05, 3.63) is 66.9 Å². The van der Waals surface area contributed by atoms with Crippen LogP contribution < -0.4 is 16.0 Å². The van der Waals surface area contributed by atoms with Crippen LogP contribution in [0.25, 0.3) is 0 Å².